The molecule has 2 bridgehead atoms. The van der Waals surface area contributed by atoms with E-state index < -0.39 is 0 Å². The first-order chi connectivity index (χ1) is 9.24. The molecule has 0 radical (unpaired) electrons. The molecule has 0 aliphatic carbocycles. The van der Waals surface area contributed by atoms with Gasteiger partial charge in [0.25, 0.3) is 0 Å². The van der Waals surface area contributed by atoms with Crippen LogP contribution in [0.25, 0.3) is 0 Å². The molecule has 0 aromatic carbocycles. The lowest BCUT2D eigenvalue weighted by atomic mass is 9.98. The molecule has 1 aromatic rings. The SMILES string of the molecule is CCCN(Cc1ccc(Cl)s1)C1CC2CCC(C1)N2. The molecule has 0 saturated carbocycles. The minimum atomic E-state index is 0.763. The third kappa shape index (κ3) is 3.33. The van der Waals surface area contributed by atoms with E-state index in [0.29, 0.717) is 0 Å². The molecular weight excluding hydrogens is 276 g/mol. The fraction of sp³-hybridized carbons (Fsp3) is 0.733. The number of fused-ring (bicyclic) bond motifs is 2. The van der Waals surface area contributed by atoms with E-state index in [1.807, 2.05) is 6.07 Å². The van der Waals surface area contributed by atoms with Gasteiger partial charge in [-0.1, -0.05) is 18.5 Å². The maximum Gasteiger partial charge on any atom is 0.0931 e. The molecule has 3 heterocycles. The lowest BCUT2D eigenvalue weighted by Crippen LogP contribution is -2.48. The lowest BCUT2D eigenvalue weighted by Gasteiger charge is -2.37. The molecule has 4 heteroatoms. The molecule has 2 atom stereocenters. The van der Waals surface area contributed by atoms with Crippen LogP contribution < -0.4 is 5.32 Å². The maximum absolute atomic E-state index is 6.05. The smallest absolute Gasteiger partial charge is 0.0931 e. The zero-order valence-electron chi connectivity index (χ0n) is 11.6. The van der Waals surface area contributed by atoms with Crippen molar-refractivity contribution in [3.8, 4) is 0 Å². The van der Waals surface area contributed by atoms with Crippen LogP contribution in [0.1, 0.15) is 43.9 Å². The van der Waals surface area contributed by atoms with E-state index in [1.54, 1.807) is 11.3 Å². The highest BCUT2D eigenvalue weighted by atomic mass is 35.5. The van der Waals surface area contributed by atoms with Gasteiger partial charge in [0.05, 0.1) is 4.34 Å². The molecule has 2 fully saturated rings. The number of thiophene rings is 1. The molecular formula is C15H23ClN2S. The molecule has 106 valence electrons. The molecule has 2 unspecified atom stereocenters. The van der Waals surface area contributed by atoms with Gasteiger partial charge in [0.15, 0.2) is 0 Å². The second-order valence-electron chi connectivity index (χ2n) is 5.94. The summed E-state index contributed by atoms with van der Waals surface area (Å²) in [6, 6.07) is 6.52. The Morgan fingerprint density at radius 2 is 2.05 bits per heavy atom. The van der Waals surface area contributed by atoms with Gasteiger partial charge in [-0.2, -0.15) is 0 Å². The Morgan fingerprint density at radius 3 is 2.63 bits per heavy atom. The molecule has 2 aliphatic rings. The highest BCUT2D eigenvalue weighted by Crippen LogP contribution is 2.31. The second-order valence-corrected chi connectivity index (χ2v) is 7.74. The number of piperidine rings is 1. The van der Waals surface area contributed by atoms with Crippen molar-refractivity contribution in [1.82, 2.24) is 10.2 Å². The van der Waals surface area contributed by atoms with E-state index >= 15 is 0 Å². The van der Waals surface area contributed by atoms with Gasteiger partial charge in [-0.15, -0.1) is 11.3 Å². The van der Waals surface area contributed by atoms with Gasteiger partial charge < -0.3 is 5.32 Å². The van der Waals surface area contributed by atoms with Gasteiger partial charge in [0.1, 0.15) is 0 Å². The van der Waals surface area contributed by atoms with Gasteiger partial charge >= 0.3 is 0 Å². The van der Waals surface area contributed by atoms with Crippen molar-refractivity contribution < 1.29 is 0 Å². The topological polar surface area (TPSA) is 15.3 Å². The fourth-order valence-corrected chi connectivity index (χ4v) is 4.75. The predicted octanol–water partition coefficient (Wildman–Crippen LogP) is 3.90. The Hall–Kier alpha value is -0.0900. The minimum absolute atomic E-state index is 0.763. The zero-order valence-corrected chi connectivity index (χ0v) is 13.1. The van der Waals surface area contributed by atoms with Crippen LogP contribution >= 0.6 is 22.9 Å². The number of halogens is 1. The van der Waals surface area contributed by atoms with Crippen molar-refractivity contribution in [2.24, 2.45) is 0 Å². The molecule has 0 spiro atoms. The van der Waals surface area contributed by atoms with E-state index in [2.05, 4.69) is 23.2 Å². The second kappa shape index (κ2) is 6.13. The zero-order chi connectivity index (χ0) is 13.2. The van der Waals surface area contributed by atoms with E-state index in [0.717, 1.165) is 29.0 Å². The number of nitrogens with zero attached hydrogens (tertiary/aromatic N) is 1. The van der Waals surface area contributed by atoms with E-state index in [4.69, 9.17) is 11.6 Å². The molecule has 2 nitrogen and oxygen atoms in total. The largest absolute Gasteiger partial charge is 0.311 e. The van der Waals surface area contributed by atoms with Crippen molar-refractivity contribution >= 4 is 22.9 Å². The van der Waals surface area contributed by atoms with Crippen LogP contribution in [0.4, 0.5) is 0 Å². The summed E-state index contributed by atoms with van der Waals surface area (Å²) in [6.07, 6.45) is 6.65. The molecule has 0 amide bonds. The molecule has 2 saturated heterocycles. The summed E-state index contributed by atoms with van der Waals surface area (Å²) in [5.74, 6) is 0. The van der Waals surface area contributed by atoms with Crippen LogP contribution in [-0.4, -0.2) is 29.6 Å². The first-order valence-electron chi connectivity index (χ1n) is 7.49. The molecule has 19 heavy (non-hydrogen) atoms. The Morgan fingerprint density at radius 1 is 1.32 bits per heavy atom. The van der Waals surface area contributed by atoms with Crippen molar-refractivity contribution in [2.75, 3.05) is 6.54 Å². The van der Waals surface area contributed by atoms with Crippen LogP contribution in [0.15, 0.2) is 12.1 Å². The van der Waals surface area contributed by atoms with Crippen LogP contribution in [0.3, 0.4) is 0 Å². The average Bonchev–Trinajstić information content (AvgIpc) is 2.95. The van der Waals surface area contributed by atoms with Crippen molar-refractivity contribution in [3.63, 3.8) is 0 Å². The Bertz CT molecular complexity index is 408. The number of hydrogen-bond acceptors (Lipinski definition) is 3. The van der Waals surface area contributed by atoms with Gasteiger partial charge in [-0.05, 0) is 50.8 Å². The van der Waals surface area contributed by atoms with Gasteiger partial charge in [-0.25, -0.2) is 0 Å². The van der Waals surface area contributed by atoms with Crippen molar-refractivity contribution in [2.45, 2.75) is 63.7 Å². The van der Waals surface area contributed by atoms with Crippen LogP contribution in [-0.2, 0) is 6.54 Å². The van der Waals surface area contributed by atoms with Crippen molar-refractivity contribution in [1.29, 1.82) is 0 Å². The standard InChI is InChI=1S/C15H23ClN2S/c1-2-7-18(10-14-5-6-15(16)19-14)13-8-11-3-4-12(9-13)17-11/h5-6,11-13,17H,2-4,7-10H2,1H3. The third-order valence-corrected chi connectivity index (χ3v) is 5.68. The summed E-state index contributed by atoms with van der Waals surface area (Å²) in [4.78, 5) is 4.10. The van der Waals surface area contributed by atoms with Gasteiger partial charge in [-0.3, -0.25) is 4.90 Å². The van der Waals surface area contributed by atoms with Crippen LogP contribution in [0, 0.1) is 0 Å². The first kappa shape index (κ1) is 13.9. The summed E-state index contributed by atoms with van der Waals surface area (Å²) in [6.45, 7) is 4.57. The van der Waals surface area contributed by atoms with Crippen LogP contribution in [0.5, 0.6) is 0 Å². The minimum Gasteiger partial charge on any atom is -0.311 e. The number of nitrogens with one attached hydrogen (secondary N) is 1. The molecule has 3 rings (SSSR count). The Balaban J connectivity index is 1.66. The highest BCUT2D eigenvalue weighted by molar-refractivity contribution is 7.16. The monoisotopic (exact) mass is 298 g/mol. The summed E-state index contributed by atoms with van der Waals surface area (Å²) in [7, 11) is 0. The lowest BCUT2D eigenvalue weighted by molar-refractivity contribution is 0.135. The Kier molecular flexibility index (Phi) is 4.47. The Labute approximate surface area is 125 Å². The summed E-state index contributed by atoms with van der Waals surface area (Å²) in [5.41, 5.74) is 0. The fourth-order valence-electron chi connectivity index (χ4n) is 3.64. The van der Waals surface area contributed by atoms with Gasteiger partial charge in [0.2, 0.25) is 0 Å². The summed E-state index contributed by atoms with van der Waals surface area (Å²) in [5, 5.41) is 3.74. The maximum atomic E-state index is 6.05. The average molecular weight is 299 g/mol. The summed E-state index contributed by atoms with van der Waals surface area (Å²) >= 11 is 7.78. The summed E-state index contributed by atoms with van der Waals surface area (Å²) < 4.78 is 0.914. The molecule has 1 N–H and O–H groups in total. The number of hydrogen-bond donors (Lipinski definition) is 1. The van der Waals surface area contributed by atoms with E-state index in [-0.39, 0.29) is 0 Å². The number of rotatable bonds is 5. The molecule has 1 aromatic heterocycles. The predicted molar refractivity (Wildman–Crippen MR) is 83.0 cm³/mol. The molecule has 2 aliphatic heterocycles. The normalized spacial score (nSPS) is 30.2. The van der Waals surface area contributed by atoms with E-state index in [1.165, 1.54) is 43.5 Å². The first-order valence-corrected chi connectivity index (χ1v) is 8.68. The highest BCUT2D eigenvalue weighted by Gasteiger charge is 2.35. The quantitative estimate of drug-likeness (QED) is 0.887. The third-order valence-electron chi connectivity index (χ3n) is 4.46. The van der Waals surface area contributed by atoms with Crippen molar-refractivity contribution in [3.05, 3.63) is 21.3 Å². The van der Waals surface area contributed by atoms with Crippen LogP contribution in [0.2, 0.25) is 4.34 Å². The van der Waals surface area contributed by atoms with Gasteiger partial charge in [0, 0.05) is 29.5 Å². The van der Waals surface area contributed by atoms with E-state index in [9.17, 15) is 0 Å².